The van der Waals surface area contributed by atoms with Gasteiger partial charge in [-0.1, -0.05) is 121 Å². The molecule has 0 spiro atoms. The van der Waals surface area contributed by atoms with Crippen molar-refractivity contribution in [2.45, 2.75) is 13.8 Å². The highest BCUT2D eigenvalue weighted by Gasteiger charge is 2.34. The molecule has 0 saturated heterocycles. The predicted octanol–water partition coefficient (Wildman–Crippen LogP) is 16.3. The second kappa shape index (κ2) is 8.01. The van der Waals surface area contributed by atoms with Crippen molar-refractivity contribution < 1.29 is 0 Å². The zero-order chi connectivity index (χ0) is 35.8. The first-order chi connectivity index (χ1) is 27.7. The summed E-state index contributed by atoms with van der Waals surface area (Å²) in [4.78, 5) is 0. The van der Waals surface area contributed by atoms with E-state index in [1.54, 1.807) is 0 Å². The molecule has 0 unspecified atom stereocenters. The number of hydrogen-bond donors (Lipinski definition) is 0. The monoisotopic (exact) mass is 698 g/mol. The van der Waals surface area contributed by atoms with Gasteiger partial charge in [0.05, 0.1) is 0 Å². The van der Waals surface area contributed by atoms with Crippen molar-refractivity contribution in [1.29, 1.82) is 0 Å². The molecule has 0 aliphatic rings. The molecule has 0 heterocycles. The third-order valence-corrected chi connectivity index (χ3v) is 15.2. The molecule has 250 valence electrons. The third-order valence-electron chi connectivity index (χ3n) is 15.2. The summed E-state index contributed by atoms with van der Waals surface area (Å²) in [6.07, 6.45) is 0. The molecule has 0 radical (unpaired) electrons. The van der Waals surface area contributed by atoms with E-state index < -0.39 is 0 Å². The van der Waals surface area contributed by atoms with Crippen LogP contribution in [0.5, 0.6) is 0 Å². The molecule has 0 amide bonds. The molecule has 0 aromatic heterocycles. The lowest BCUT2D eigenvalue weighted by atomic mass is 9.71. The molecular weight excluding hydrogens is 673 g/mol. The van der Waals surface area contributed by atoms with E-state index in [1.807, 2.05) is 0 Å². The Bertz CT molecular complexity index is 4320. The molecule has 0 atom stereocenters. The molecule has 0 bridgehead atoms. The molecule has 0 aliphatic heterocycles. The van der Waals surface area contributed by atoms with Gasteiger partial charge in [-0.3, -0.25) is 0 Å². The van der Waals surface area contributed by atoms with Gasteiger partial charge in [0.1, 0.15) is 0 Å². The van der Waals surface area contributed by atoms with Gasteiger partial charge >= 0.3 is 0 Å². The van der Waals surface area contributed by atoms with Crippen molar-refractivity contribution in [1.82, 2.24) is 0 Å². The van der Waals surface area contributed by atoms with Crippen molar-refractivity contribution in [3.8, 4) is 0 Å². The maximum Gasteiger partial charge on any atom is -0.0000145 e. The van der Waals surface area contributed by atoms with E-state index >= 15 is 0 Å². The van der Waals surface area contributed by atoms with Gasteiger partial charge in [0.25, 0.3) is 0 Å². The van der Waals surface area contributed by atoms with Crippen LogP contribution in [0.15, 0.2) is 121 Å². The second-order valence-electron chi connectivity index (χ2n) is 17.4. The van der Waals surface area contributed by atoms with Gasteiger partial charge in [-0.2, -0.15) is 0 Å². The first-order valence-corrected chi connectivity index (χ1v) is 20.1. The maximum atomic E-state index is 2.53. The molecule has 0 fully saturated rings. The minimum atomic E-state index is 1.35. The molecule has 17 aromatic rings. The van der Waals surface area contributed by atoms with Crippen LogP contribution in [0, 0.1) is 13.8 Å². The summed E-state index contributed by atoms with van der Waals surface area (Å²) in [5.74, 6) is 0. The molecule has 56 heavy (non-hydrogen) atoms. The fourth-order valence-electron chi connectivity index (χ4n) is 13.6. The lowest BCUT2D eigenvalue weighted by molar-refractivity contribution is 1.58. The largest absolute Gasteiger partial charge is 0.0616 e. The Labute approximate surface area is 317 Å². The normalized spacial score (nSPS) is 13.9. The minimum absolute atomic E-state index is 1.35. The highest BCUT2D eigenvalue weighted by Crippen LogP contribution is 2.63. The van der Waals surface area contributed by atoms with Crippen LogP contribution in [-0.2, 0) is 0 Å². The van der Waals surface area contributed by atoms with E-state index in [4.69, 9.17) is 0 Å². The summed E-state index contributed by atoms with van der Waals surface area (Å²) >= 11 is 0. The van der Waals surface area contributed by atoms with E-state index in [0.717, 1.165) is 0 Å². The number of benzene rings is 17. The van der Waals surface area contributed by atoms with E-state index in [1.165, 1.54) is 183 Å². The van der Waals surface area contributed by atoms with Gasteiger partial charge in [-0.25, -0.2) is 0 Å². The van der Waals surface area contributed by atoms with Crippen molar-refractivity contribution >= 4 is 172 Å². The summed E-state index contributed by atoms with van der Waals surface area (Å²) in [7, 11) is 0. The number of aryl methyl sites for hydroxylation is 2. The predicted molar refractivity (Wildman–Crippen MR) is 245 cm³/mol. The Morgan fingerprint density at radius 1 is 0.179 bits per heavy atom. The van der Waals surface area contributed by atoms with Gasteiger partial charge < -0.3 is 0 Å². The van der Waals surface area contributed by atoms with Gasteiger partial charge in [0.15, 0.2) is 0 Å². The highest BCUT2D eigenvalue weighted by atomic mass is 14.4. The van der Waals surface area contributed by atoms with E-state index in [2.05, 4.69) is 135 Å². The van der Waals surface area contributed by atoms with Crippen LogP contribution in [0.1, 0.15) is 11.1 Å². The molecular formula is C56H26. The van der Waals surface area contributed by atoms with Crippen LogP contribution in [0.4, 0.5) is 0 Å². The highest BCUT2D eigenvalue weighted by molar-refractivity contribution is 6.64. The van der Waals surface area contributed by atoms with Crippen molar-refractivity contribution in [3.63, 3.8) is 0 Å². The Balaban J connectivity index is 1.40. The standard InChI is InChI=1S/C56H26/c1-23-21-37-27-11-5-3-9-25(27)31-17-20-34-30-14-8-16-36-40-24(2)22-38-28-12-6-4-10-26(28)32-18-19-33-29-13-7-15-35-39(23)49-47(37)43(31)45(34)53-52(42(30)36)56-50(40)48(38)44(32)46(33)54(56)51(41(29)35)55(49)53/h3-22H,1-2H3. The average molecular weight is 699 g/mol. The quantitative estimate of drug-likeness (QED) is 0.109. The third kappa shape index (κ3) is 2.36. The van der Waals surface area contributed by atoms with Gasteiger partial charge in [0.2, 0.25) is 0 Å². The summed E-state index contributed by atoms with van der Waals surface area (Å²) in [5, 5.41) is 45.5. The summed E-state index contributed by atoms with van der Waals surface area (Å²) in [5.41, 5.74) is 2.73. The van der Waals surface area contributed by atoms with E-state index in [0.29, 0.717) is 0 Å². The second-order valence-corrected chi connectivity index (χ2v) is 17.4. The van der Waals surface area contributed by atoms with Crippen LogP contribution in [0.3, 0.4) is 0 Å². The molecule has 17 rings (SSSR count). The number of rotatable bonds is 0. The van der Waals surface area contributed by atoms with Crippen LogP contribution in [-0.4, -0.2) is 0 Å². The van der Waals surface area contributed by atoms with Crippen LogP contribution in [0.25, 0.3) is 172 Å². The van der Waals surface area contributed by atoms with Crippen molar-refractivity contribution in [2.75, 3.05) is 0 Å². The number of hydrogen-bond acceptors (Lipinski definition) is 0. The fraction of sp³-hybridized carbons (Fsp3) is 0.0357. The first kappa shape index (κ1) is 26.7. The maximum absolute atomic E-state index is 2.53. The zero-order valence-electron chi connectivity index (χ0n) is 30.5. The lowest BCUT2D eigenvalue weighted by Crippen LogP contribution is -2.02. The topological polar surface area (TPSA) is 0 Å². The van der Waals surface area contributed by atoms with Gasteiger partial charge in [-0.15, -0.1) is 0 Å². The molecule has 0 aliphatic carbocycles. The van der Waals surface area contributed by atoms with Crippen LogP contribution < -0.4 is 0 Å². The van der Waals surface area contributed by atoms with Gasteiger partial charge in [0, 0.05) is 0 Å². The average Bonchev–Trinajstić information content (AvgIpc) is 3.24. The number of fused-ring (bicyclic) bond motifs is 10. The van der Waals surface area contributed by atoms with E-state index in [9.17, 15) is 0 Å². The zero-order valence-corrected chi connectivity index (χ0v) is 30.5. The molecule has 0 N–H and O–H groups in total. The van der Waals surface area contributed by atoms with Crippen molar-refractivity contribution in [3.05, 3.63) is 132 Å². The first-order valence-electron chi connectivity index (χ1n) is 20.1. The molecule has 0 nitrogen and oxygen atoms in total. The Hall–Kier alpha value is -7.02. The minimum Gasteiger partial charge on any atom is -0.0616 e. The van der Waals surface area contributed by atoms with Crippen LogP contribution in [0.2, 0.25) is 0 Å². The smallest absolute Gasteiger partial charge is 0.0000145 e. The van der Waals surface area contributed by atoms with E-state index in [-0.39, 0.29) is 0 Å². The fourth-order valence-corrected chi connectivity index (χ4v) is 13.6. The molecule has 0 heteroatoms. The lowest BCUT2D eigenvalue weighted by Gasteiger charge is -2.31. The van der Waals surface area contributed by atoms with Crippen molar-refractivity contribution in [2.24, 2.45) is 0 Å². The summed E-state index contributed by atoms with van der Waals surface area (Å²) in [6.45, 7) is 4.75. The van der Waals surface area contributed by atoms with Crippen LogP contribution >= 0.6 is 0 Å². The summed E-state index contributed by atoms with van der Waals surface area (Å²) in [6, 6.07) is 47.7. The molecule has 17 aromatic carbocycles. The SMILES string of the molecule is Cc1cc2c3ccccc3c3ccc4c5cccc6c7c(C)cc8c9ccccc9c9ccc%10c%11cccc%12c1c1c2c3c4c2c(c56)c3c7c8c9c%10c3c(c%11%12)c12. The van der Waals surface area contributed by atoms with Gasteiger partial charge in [-0.05, 0) is 197 Å². The Morgan fingerprint density at radius 2 is 0.429 bits per heavy atom. The summed E-state index contributed by atoms with van der Waals surface area (Å²) < 4.78 is 0. The Morgan fingerprint density at radius 3 is 0.857 bits per heavy atom. The molecule has 0 saturated carbocycles. The Kier molecular flexibility index (Phi) is 3.82.